The molecule has 2 aromatic carbocycles. The lowest BCUT2D eigenvalue weighted by Gasteiger charge is -2.28. The van der Waals surface area contributed by atoms with Gasteiger partial charge in [-0.15, -0.1) is 0 Å². The van der Waals surface area contributed by atoms with E-state index in [2.05, 4.69) is 21.2 Å². The number of phenolic OH excluding ortho intramolecular Hbond substituents is 1. The summed E-state index contributed by atoms with van der Waals surface area (Å²) in [6.07, 6.45) is 1.46. The number of phenols is 1. The molecular formula is C17H11BrN2O3S. The molecule has 0 saturated carbocycles. The van der Waals surface area contributed by atoms with Crippen LogP contribution in [0.4, 0.5) is 5.69 Å². The van der Waals surface area contributed by atoms with Gasteiger partial charge in [-0.2, -0.15) is 0 Å². The van der Waals surface area contributed by atoms with Gasteiger partial charge in [0, 0.05) is 0 Å². The van der Waals surface area contributed by atoms with Crippen LogP contribution in [0.15, 0.2) is 58.6 Å². The summed E-state index contributed by atoms with van der Waals surface area (Å²) in [6.45, 7) is 0. The first-order chi connectivity index (χ1) is 11.5. The van der Waals surface area contributed by atoms with Crippen LogP contribution >= 0.6 is 28.1 Å². The predicted octanol–water partition coefficient (Wildman–Crippen LogP) is 2.99. The number of carbonyl (C=O) groups is 2. The van der Waals surface area contributed by atoms with E-state index in [0.717, 1.165) is 0 Å². The van der Waals surface area contributed by atoms with Crippen LogP contribution in [0.2, 0.25) is 0 Å². The molecule has 5 nitrogen and oxygen atoms in total. The van der Waals surface area contributed by atoms with Crippen molar-refractivity contribution in [2.45, 2.75) is 0 Å². The number of nitrogens with zero attached hydrogens (tertiary/aromatic N) is 1. The number of benzene rings is 2. The number of amides is 2. The average Bonchev–Trinajstić information content (AvgIpc) is 2.55. The number of thiocarbonyl (C=S) groups is 1. The number of carbonyl (C=O) groups excluding carboxylic acids is 2. The molecule has 0 spiro atoms. The van der Waals surface area contributed by atoms with Crippen molar-refractivity contribution in [2.24, 2.45) is 0 Å². The molecule has 0 aromatic heterocycles. The van der Waals surface area contributed by atoms with Gasteiger partial charge < -0.3 is 5.11 Å². The lowest BCUT2D eigenvalue weighted by molar-refractivity contribution is -0.122. The molecular weight excluding hydrogens is 392 g/mol. The lowest BCUT2D eigenvalue weighted by atomic mass is 10.1. The van der Waals surface area contributed by atoms with E-state index < -0.39 is 11.8 Å². The van der Waals surface area contributed by atoms with Crippen LogP contribution < -0.4 is 10.2 Å². The van der Waals surface area contributed by atoms with E-state index in [1.807, 2.05) is 6.07 Å². The zero-order valence-electron chi connectivity index (χ0n) is 12.2. The normalized spacial score (nSPS) is 16.5. The Hall–Kier alpha value is -2.51. The molecule has 0 aliphatic carbocycles. The number of rotatable bonds is 2. The fourth-order valence-corrected chi connectivity index (χ4v) is 2.93. The molecule has 1 saturated heterocycles. The first-order valence-electron chi connectivity index (χ1n) is 6.92. The Bertz CT molecular complexity index is 881. The van der Waals surface area contributed by atoms with Crippen LogP contribution in [0.5, 0.6) is 5.75 Å². The van der Waals surface area contributed by atoms with Gasteiger partial charge >= 0.3 is 0 Å². The van der Waals surface area contributed by atoms with Crippen molar-refractivity contribution < 1.29 is 14.7 Å². The topological polar surface area (TPSA) is 69.6 Å². The highest BCUT2D eigenvalue weighted by molar-refractivity contribution is 9.10. The van der Waals surface area contributed by atoms with Gasteiger partial charge in [-0.05, 0) is 64.1 Å². The standard InChI is InChI=1S/C17H11BrN2O3S/c18-13-9-10(6-7-14(13)21)8-12-15(22)19-17(24)20(16(12)23)11-4-2-1-3-5-11/h1-9,21H,(H,19,22,24)/b12-8-. The van der Waals surface area contributed by atoms with Gasteiger partial charge in [0.15, 0.2) is 5.11 Å². The number of halogens is 1. The monoisotopic (exact) mass is 402 g/mol. The summed E-state index contributed by atoms with van der Waals surface area (Å²) < 4.78 is 0.468. The second kappa shape index (κ2) is 6.54. The van der Waals surface area contributed by atoms with Crippen LogP contribution in [0, 0.1) is 0 Å². The quantitative estimate of drug-likeness (QED) is 0.460. The minimum absolute atomic E-state index is 0.0370. The molecule has 1 aliphatic rings. The number of nitrogens with one attached hydrogen (secondary N) is 1. The number of aromatic hydroxyl groups is 1. The van der Waals surface area contributed by atoms with Gasteiger partial charge in [0.05, 0.1) is 10.2 Å². The maximum Gasteiger partial charge on any atom is 0.270 e. The van der Waals surface area contributed by atoms with E-state index in [1.165, 1.54) is 17.0 Å². The highest BCUT2D eigenvalue weighted by atomic mass is 79.9. The van der Waals surface area contributed by atoms with E-state index in [9.17, 15) is 14.7 Å². The number of anilines is 1. The molecule has 0 unspecified atom stereocenters. The summed E-state index contributed by atoms with van der Waals surface area (Å²) in [6, 6.07) is 13.5. The summed E-state index contributed by atoms with van der Waals surface area (Å²) in [4.78, 5) is 26.2. The van der Waals surface area contributed by atoms with Gasteiger partial charge in [0.1, 0.15) is 11.3 Å². The van der Waals surface area contributed by atoms with Crippen LogP contribution in [0.3, 0.4) is 0 Å². The van der Waals surface area contributed by atoms with Gasteiger partial charge in [0.2, 0.25) is 0 Å². The van der Waals surface area contributed by atoms with Crippen LogP contribution in [-0.2, 0) is 9.59 Å². The summed E-state index contributed by atoms with van der Waals surface area (Å²) >= 11 is 8.33. The minimum Gasteiger partial charge on any atom is -0.507 e. The van der Waals surface area contributed by atoms with E-state index in [1.54, 1.807) is 36.4 Å². The summed E-state index contributed by atoms with van der Waals surface area (Å²) in [7, 11) is 0. The Kier molecular flexibility index (Phi) is 4.46. The second-order valence-corrected chi connectivity index (χ2v) is 6.25. The zero-order valence-corrected chi connectivity index (χ0v) is 14.6. The molecule has 7 heteroatoms. The van der Waals surface area contributed by atoms with E-state index in [0.29, 0.717) is 15.7 Å². The van der Waals surface area contributed by atoms with Crippen molar-refractivity contribution in [3.63, 3.8) is 0 Å². The van der Waals surface area contributed by atoms with Crippen molar-refractivity contribution in [3.8, 4) is 5.75 Å². The van der Waals surface area contributed by atoms with Crippen LogP contribution in [0.1, 0.15) is 5.56 Å². The summed E-state index contributed by atoms with van der Waals surface area (Å²) in [5.41, 5.74) is 1.13. The van der Waals surface area contributed by atoms with Crippen molar-refractivity contribution in [2.75, 3.05) is 4.90 Å². The third kappa shape index (κ3) is 3.08. The third-order valence-corrected chi connectivity index (χ3v) is 4.32. The van der Waals surface area contributed by atoms with Crippen LogP contribution in [-0.4, -0.2) is 22.0 Å². The molecule has 2 aromatic rings. The van der Waals surface area contributed by atoms with E-state index in [4.69, 9.17) is 12.2 Å². The minimum atomic E-state index is -0.554. The Balaban J connectivity index is 2.02. The summed E-state index contributed by atoms with van der Waals surface area (Å²) in [5.74, 6) is -0.982. The molecule has 1 aliphatic heterocycles. The Morgan fingerprint density at radius 1 is 1.12 bits per heavy atom. The molecule has 0 radical (unpaired) electrons. The van der Waals surface area contributed by atoms with Gasteiger partial charge in [0.25, 0.3) is 11.8 Å². The van der Waals surface area contributed by atoms with Gasteiger partial charge in [-0.25, -0.2) is 0 Å². The molecule has 24 heavy (non-hydrogen) atoms. The first kappa shape index (κ1) is 16.4. The van der Waals surface area contributed by atoms with E-state index >= 15 is 0 Å². The van der Waals surface area contributed by atoms with Crippen molar-refractivity contribution in [1.82, 2.24) is 5.32 Å². The maximum atomic E-state index is 12.8. The second-order valence-electron chi connectivity index (χ2n) is 5.00. The average molecular weight is 403 g/mol. The smallest absolute Gasteiger partial charge is 0.270 e. The summed E-state index contributed by atoms with van der Waals surface area (Å²) in [5, 5.41) is 12.1. The Morgan fingerprint density at radius 2 is 1.83 bits per heavy atom. The van der Waals surface area contributed by atoms with E-state index in [-0.39, 0.29) is 16.4 Å². The van der Waals surface area contributed by atoms with Gasteiger partial charge in [-0.1, -0.05) is 24.3 Å². The van der Waals surface area contributed by atoms with Crippen LogP contribution in [0.25, 0.3) is 6.08 Å². The Morgan fingerprint density at radius 3 is 2.50 bits per heavy atom. The Labute approximate surface area is 151 Å². The molecule has 3 rings (SSSR count). The molecule has 2 N–H and O–H groups in total. The number of hydrogen-bond donors (Lipinski definition) is 2. The molecule has 0 bridgehead atoms. The fraction of sp³-hybridized carbons (Fsp3) is 0. The van der Waals surface area contributed by atoms with Crippen molar-refractivity contribution >= 4 is 56.8 Å². The molecule has 2 amide bonds. The first-order valence-corrected chi connectivity index (χ1v) is 8.12. The molecule has 0 atom stereocenters. The predicted molar refractivity (Wildman–Crippen MR) is 98.5 cm³/mol. The highest BCUT2D eigenvalue weighted by Gasteiger charge is 2.34. The fourth-order valence-electron chi connectivity index (χ4n) is 2.25. The highest BCUT2D eigenvalue weighted by Crippen LogP contribution is 2.26. The largest absolute Gasteiger partial charge is 0.507 e. The lowest BCUT2D eigenvalue weighted by Crippen LogP contribution is -2.54. The SMILES string of the molecule is O=C1NC(=S)N(c2ccccc2)C(=O)/C1=C\c1ccc(O)c(Br)c1. The van der Waals surface area contributed by atoms with Crippen molar-refractivity contribution in [1.29, 1.82) is 0 Å². The van der Waals surface area contributed by atoms with Gasteiger partial charge in [-0.3, -0.25) is 19.8 Å². The molecule has 1 heterocycles. The number of hydrogen-bond acceptors (Lipinski definition) is 4. The molecule has 120 valence electrons. The maximum absolute atomic E-state index is 12.8. The van der Waals surface area contributed by atoms with Crippen molar-refractivity contribution in [3.05, 3.63) is 64.1 Å². The third-order valence-electron chi connectivity index (χ3n) is 3.40. The molecule has 1 fully saturated rings. The number of para-hydroxylation sites is 1. The zero-order chi connectivity index (χ0) is 17.3.